The molecule has 0 saturated heterocycles. The van der Waals surface area contributed by atoms with Crippen molar-refractivity contribution in [3.05, 3.63) is 0 Å². The zero-order valence-corrected chi connectivity index (χ0v) is 11.7. The van der Waals surface area contributed by atoms with E-state index in [0.29, 0.717) is 5.75 Å². The van der Waals surface area contributed by atoms with Gasteiger partial charge in [0.2, 0.25) is 5.16 Å². The predicted molar refractivity (Wildman–Crippen MR) is 66.9 cm³/mol. The molecule has 0 unspecified atom stereocenters. The standard InChI is InChI=1S/C9H14N2OS3/c1-9(2,3)6(12)5-14-8-10-7(13-4)11-15-8/h5H2,1-4H3. The van der Waals surface area contributed by atoms with Crippen molar-refractivity contribution in [2.45, 2.75) is 30.3 Å². The van der Waals surface area contributed by atoms with Crippen molar-refractivity contribution in [3.8, 4) is 0 Å². The summed E-state index contributed by atoms with van der Waals surface area (Å²) in [5.74, 6) is 0.723. The molecule has 1 aromatic heterocycles. The first-order valence-electron chi connectivity index (χ1n) is 4.47. The molecule has 0 aliphatic rings. The fourth-order valence-electron chi connectivity index (χ4n) is 0.682. The summed E-state index contributed by atoms with van der Waals surface area (Å²) < 4.78 is 5.01. The van der Waals surface area contributed by atoms with Crippen molar-refractivity contribution < 1.29 is 4.79 Å². The Morgan fingerprint density at radius 3 is 2.60 bits per heavy atom. The van der Waals surface area contributed by atoms with Crippen LogP contribution in [0.15, 0.2) is 9.50 Å². The fourth-order valence-corrected chi connectivity index (χ4v) is 3.05. The molecule has 1 aromatic rings. The van der Waals surface area contributed by atoms with Crippen molar-refractivity contribution in [2.24, 2.45) is 5.41 Å². The van der Waals surface area contributed by atoms with Crippen molar-refractivity contribution in [2.75, 3.05) is 12.0 Å². The molecule has 0 fully saturated rings. The van der Waals surface area contributed by atoms with Crippen LogP contribution in [0.4, 0.5) is 0 Å². The second-order valence-electron chi connectivity index (χ2n) is 4.01. The average molecular weight is 262 g/mol. The molecule has 15 heavy (non-hydrogen) atoms. The molecule has 0 bridgehead atoms. The van der Waals surface area contributed by atoms with Crippen molar-refractivity contribution >= 4 is 40.8 Å². The molecule has 84 valence electrons. The van der Waals surface area contributed by atoms with Crippen molar-refractivity contribution in [1.82, 2.24) is 9.36 Å². The normalized spacial score (nSPS) is 11.7. The summed E-state index contributed by atoms with van der Waals surface area (Å²) in [5.41, 5.74) is -0.264. The summed E-state index contributed by atoms with van der Waals surface area (Å²) in [6.07, 6.45) is 1.94. The van der Waals surface area contributed by atoms with Gasteiger partial charge in [0, 0.05) is 5.41 Å². The van der Waals surface area contributed by atoms with Crippen LogP contribution in [-0.4, -0.2) is 27.1 Å². The van der Waals surface area contributed by atoms with Crippen LogP contribution in [0.5, 0.6) is 0 Å². The zero-order valence-electron chi connectivity index (χ0n) is 9.23. The number of rotatable bonds is 4. The lowest BCUT2D eigenvalue weighted by molar-refractivity contribution is -0.123. The number of thioether (sulfide) groups is 2. The van der Waals surface area contributed by atoms with Crippen molar-refractivity contribution in [3.63, 3.8) is 0 Å². The van der Waals surface area contributed by atoms with Crippen LogP contribution in [0.3, 0.4) is 0 Å². The summed E-state index contributed by atoms with van der Waals surface area (Å²) >= 11 is 4.35. The van der Waals surface area contributed by atoms with Gasteiger partial charge in [-0.3, -0.25) is 4.79 Å². The third-order valence-electron chi connectivity index (χ3n) is 1.73. The Hall–Kier alpha value is -0.0700. The van der Waals surface area contributed by atoms with E-state index in [9.17, 15) is 4.79 Å². The molecule has 3 nitrogen and oxygen atoms in total. The van der Waals surface area contributed by atoms with Crippen LogP contribution >= 0.6 is 35.1 Å². The van der Waals surface area contributed by atoms with Gasteiger partial charge in [0.1, 0.15) is 5.78 Å². The van der Waals surface area contributed by atoms with E-state index in [-0.39, 0.29) is 11.2 Å². The first-order chi connectivity index (χ1) is 6.93. The van der Waals surface area contributed by atoms with Gasteiger partial charge in [-0.15, -0.1) is 0 Å². The minimum atomic E-state index is -0.264. The number of carbonyl (C=O) groups excluding carboxylic acids is 1. The number of hydrogen-bond acceptors (Lipinski definition) is 6. The molecule has 0 spiro atoms. The van der Waals surface area contributed by atoms with E-state index in [1.165, 1.54) is 35.1 Å². The largest absolute Gasteiger partial charge is 0.298 e. The van der Waals surface area contributed by atoms with Gasteiger partial charge < -0.3 is 0 Å². The monoisotopic (exact) mass is 262 g/mol. The van der Waals surface area contributed by atoms with Gasteiger partial charge in [0.25, 0.3) is 0 Å². The molecule has 0 amide bonds. The minimum absolute atomic E-state index is 0.244. The molecule has 0 aliphatic carbocycles. The molecular weight excluding hydrogens is 248 g/mol. The number of Topliss-reactive ketones (excluding diaryl/α,β-unsaturated/α-hetero) is 1. The Kier molecular flexibility index (Phi) is 4.61. The highest BCUT2D eigenvalue weighted by Crippen LogP contribution is 2.26. The van der Waals surface area contributed by atoms with Crippen LogP contribution in [-0.2, 0) is 4.79 Å². The highest BCUT2D eigenvalue weighted by atomic mass is 32.2. The third-order valence-corrected chi connectivity index (χ3v) is 4.23. The highest BCUT2D eigenvalue weighted by Gasteiger charge is 2.21. The van der Waals surface area contributed by atoms with Crippen molar-refractivity contribution in [1.29, 1.82) is 0 Å². The van der Waals surface area contributed by atoms with Gasteiger partial charge in [-0.05, 0) is 17.8 Å². The number of ketones is 1. The number of hydrogen-bond donors (Lipinski definition) is 0. The van der Waals surface area contributed by atoms with Gasteiger partial charge in [0.05, 0.1) is 5.75 Å². The zero-order chi connectivity index (χ0) is 11.5. The van der Waals surface area contributed by atoms with Crippen LogP contribution in [0.25, 0.3) is 0 Å². The topological polar surface area (TPSA) is 42.9 Å². The maximum absolute atomic E-state index is 11.6. The molecule has 0 saturated carbocycles. The minimum Gasteiger partial charge on any atom is -0.298 e. The second-order valence-corrected chi connectivity index (χ2v) is 6.76. The van der Waals surface area contributed by atoms with Crippen LogP contribution < -0.4 is 0 Å². The lowest BCUT2D eigenvalue weighted by Gasteiger charge is -2.15. The molecule has 1 rings (SSSR count). The maximum Gasteiger partial charge on any atom is 0.200 e. The Morgan fingerprint density at radius 2 is 2.13 bits per heavy atom. The van der Waals surface area contributed by atoms with Gasteiger partial charge in [-0.25, -0.2) is 4.98 Å². The molecular formula is C9H14N2OS3. The summed E-state index contributed by atoms with van der Waals surface area (Å²) in [6, 6.07) is 0. The Labute approximate surface area is 103 Å². The van der Waals surface area contributed by atoms with E-state index >= 15 is 0 Å². The van der Waals surface area contributed by atoms with Crippen LogP contribution in [0, 0.1) is 5.41 Å². The molecule has 1 heterocycles. The van der Waals surface area contributed by atoms with E-state index in [2.05, 4.69) is 9.36 Å². The quantitative estimate of drug-likeness (QED) is 0.780. The first kappa shape index (κ1) is 13.0. The fraction of sp³-hybridized carbons (Fsp3) is 0.667. The lowest BCUT2D eigenvalue weighted by atomic mass is 9.92. The Morgan fingerprint density at radius 1 is 1.47 bits per heavy atom. The van der Waals surface area contributed by atoms with E-state index in [0.717, 1.165) is 9.50 Å². The van der Waals surface area contributed by atoms with Gasteiger partial charge in [-0.2, -0.15) is 4.37 Å². The SMILES string of the molecule is CSc1nsc(SCC(=O)C(C)(C)C)n1. The summed E-state index contributed by atoms with van der Waals surface area (Å²) in [5, 5.41) is 0.783. The van der Waals surface area contributed by atoms with Crippen LogP contribution in [0.1, 0.15) is 20.8 Å². The molecule has 0 aliphatic heterocycles. The summed E-state index contributed by atoms with van der Waals surface area (Å²) in [7, 11) is 0. The second kappa shape index (κ2) is 5.32. The molecule has 0 N–H and O–H groups in total. The van der Waals surface area contributed by atoms with E-state index in [1.807, 2.05) is 27.0 Å². The third kappa shape index (κ3) is 4.12. The number of nitrogens with zero attached hydrogens (tertiary/aromatic N) is 2. The molecule has 0 atom stereocenters. The Bertz CT molecular complexity index is 343. The maximum atomic E-state index is 11.6. The van der Waals surface area contributed by atoms with Gasteiger partial charge in [-0.1, -0.05) is 44.3 Å². The summed E-state index contributed by atoms with van der Waals surface area (Å²) in [4.78, 5) is 15.9. The number of carbonyl (C=O) groups is 1. The Balaban J connectivity index is 2.47. The summed E-state index contributed by atoms with van der Waals surface area (Å²) in [6.45, 7) is 5.80. The van der Waals surface area contributed by atoms with Crippen LogP contribution in [0.2, 0.25) is 0 Å². The van der Waals surface area contributed by atoms with Gasteiger partial charge in [0.15, 0.2) is 4.34 Å². The lowest BCUT2D eigenvalue weighted by Crippen LogP contribution is -2.21. The van der Waals surface area contributed by atoms with E-state index < -0.39 is 0 Å². The molecule has 0 radical (unpaired) electrons. The first-order valence-corrected chi connectivity index (χ1v) is 7.45. The van der Waals surface area contributed by atoms with E-state index in [4.69, 9.17) is 0 Å². The van der Waals surface area contributed by atoms with E-state index in [1.54, 1.807) is 0 Å². The predicted octanol–water partition coefficient (Wildman–Crippen LogP) is 2.97. The van der Waals surface area contributed by atoms with Gasteiger partial charge >= 0.3 is 0 Å². The highest BCUT2D eigenvalue weighted by molar-refractivity contribution is 8.01. The number of aromatic nitrogens is 2. The smallest absolute Gasteiger partial charge is 0.200 e. The molecule has 6 heteroatoms. The average Bonchev–Trinajstić information content (AvgIpc) is 2.60. The molecule has 0 aromatic carbocycles.